The number of rotatable bonds is 4. The van der Waals surface area contributed by atoms with Gasteiger partial charge in [0.05, 0.1) is 18.0 Å². The third-order valence-electron chi connectivity index (χ3n) is 5.75. The third-order valence-corrected chi connectivity index (χ3v) is 7.61. The number of hydrogen-bond donors (Lipinski definition) is 0. The second kappa shape index (κ2) is 7.31. The Hall–Kier alpha value is -3.09. The summed E-state index contributed by atoms with van der Waals surface area (Å²) < 4.78 is 36.5. The number of aromatic nitrogens is 1. The van der Waals surface area contributed by atoms with E-state index in [1.165, 1.54) is 0 Å². The molecule has 6 heteroatoms. The molecule has 152 valence electrons. The van der Waals surface area contributed by atoms with Gasteiger partial charge >= 0.3 is 0 Å². The van der Waals surface area contributed by atoms with Gasteiger partial charge in [0.25, 0.3) is 0 Å². The monoisotopic (exact) mass is 418 g/mol. The van der Waals surface area contributed by atoms with Crippen molar-refractivity contribution in [2.75, 3.05) is 13.7 Å². The predicted molar refractivity (Wildman–Crippen MR) is 117 cm³/mol. The molecule has 0 N–H and O–H groups in total. The van der Waals surface area contributed by atoms with Crippen molar-refractivity contribution < 1.29 is 13.2 Å². The van der Waals surface area contributed by atoms with Gasteiger partial charge < -0.3 is 9.30 Å². The Kier molecular flexibility index (Phi) is 4.60. The smallest absolute Gasteiger partial charge is 0.244 e. The molecule has 30 heavy (non-hydrogen) atoms. The van der Waals surface area contributed by atoms with Gasteiger partial charge in [0.2, 0.25) is 10.0 Å². The zero-order valence-corrected chi connectivity index (χ0v) is 17.4. The number of ether oxygens (including phenoxy) is 1. The number of sulfonamides is 1. The van der Waals surface area contributed by atoms with Crippen LogP contribution in [0.25, 0.3) is 10.8 Å². The minimum atomic E-state index is -3.70. The summed E-state index contributed by atoms with van der Waals surface area (Å²) in [6.07, 6.45) is 2.01. The molecule has 0 radical (unpaired) electrons. The fraction of sp³-hybridized carbons (Fsp3) is 0.167. The van der Waals surface area contributed by atoms with Crippen molar-refractivity contribution in [2.45, 2.75) is 17.5 Å². The largest absolute Gasteiger partial charge is 0.497 e. The van der Waals surface area contributed by atoms with E-state index < -0.39 is 16.1 Å². The molecule has 0 fully saturated rings. The van der Waals surface area contributed by atoms with Crippen LogP contribution in [0.3, 0.4) is 0 Å². The molecule has 1 aliphatic heterocycles. The first-order valence-corrected chi connectivity index (χ1v) is 11.3. The molecule has 0 spiro atoms. The molecule has 5 rings (SSSR count). The van der Waals surface area contributed by atoms with Gasteiger partial charge in [-0.05, 0) is 52.7 Å². The first kappa shape index (κ1) is 18.9. The fourth-order valence-corrected chi connectivity index (χ4v) is 5.82. The summed E-state index contributed by atoms with van der Waals surface area (Å²) in [4.78, 5) is 0.319. The van der Waals surface area contributed by atoms with Crippen LogP contribution in [-0.4, -0.2) is 30.9 Å². The van der Waals surface area contributed by atoms with Crippen molar-refractivity contribution in [2.24, 2.45) is 0 Å². The average Bonchev–Trinajstić information content (AvgIpc) is 3.27. The second-order valence-electron chi connectivity index (χ2n) is 7.43. The molecule has 0 bridgehead atoms. The molecular weight excluding hydrogens is 396 g/mol. The van der Waals surface area contributed by atoms with Crippen molar-refractivity contribution in [1.82, 2.24) is 8.87 Å². The lowest BCUT2D eigenvalue weighted by atomic mass is 10.0. The van der Waals surface area contributed by atoms with Crippen molar-refractivity contribution in [3.8, 4) is 5.75 Å². The summed E-state index contributed by atoms with van der Waals surface area (Å²) in [6.45, 7) is 1.04. The summed E-state index contributed by atoms with van der Waals surface area (Å²) in [5.74, 6) is 0.744. The standard InChI is InChI=1S/C24H22N2O3S/c1-29-21-11-8-19(9-12-21)24-23-7-4-14-25(23)15-16-26(24)30(27,28)22-13-10-18-5-2-3-6-20(18)17-22/h2-14,17,24H,15-16H2,1H3/t24-/m0/s1. The van der Waals surface area contributed by atoms with E-state index >= 15 is 0 Å². The van der Waals surface area contributed by atoms with Crippen LogP contribution < -0.4 is 4.74 Å². The van der Waals surface area contributed by atoms with E-state index in [-0.39, 0.29) is 0 Å². The summed E-state index contributed by atoms with van der Waals surface area (Å²) in [5.41, 5.74) is 1.88. The highest BCUT2D eigenvalue weighted by atomic mass is 32.2. The van der Waals surface area contributed by atoms with Crippen LogP contribution >= 0.6 is 0 Å². The predicted octanol–water partition coefficient (Wildman–Crippen LogP) is 4.44. The molecule has 3 aromatic carbocycles. The lowest BCUT2D eigenvalue weighted by Gasteiger charge is -2.36. The maximum atomic E-state index is 13.8. The van der Waals surface area contributed by atoms with Crippen LogP contribution in [0.2, 0.25) is 0 Å². The first-order chi connectivity index (χ1) is 14.6. The van der Waals surface area contributed by atoms with E-state index in [1.54, 1.807) is 23.5 Å². The quantitative estimate of drug-likeness (QED) is 0.492. The van der Waals surface area contributed by atoms with Crippen LogP contribution in [0.4, 0.5) is 0 Å². The molecule has 0 amide bonds. The number of hydrogen-bond acceptors (Lipinski definition) is 3. The Bertz CT molecular complexity index is 1310. The Morgan fingerprint density at radius 1 is 0.867 bits per heavy atom. The highest BCUT2D eigenvalue weighted by molar-refractivity contribution is 7.89. The Labute approximate surface area is 176 Å². The van der Waals surface area contributed by atoms with Crippen LogP contribution in [0.5, 0.6) is 5.75 Å². The Balaban J connectivity index is 1.62. The van der Waals surface area contributed by atoms with E-state index in [1.807, 2.05) is 72.9 Å². The highest BCUT2D eigenvalue weighted by Crippen LogP contribution is 2.37. The van der Waals surface area contributed by atoms with E-state index in [0.717, 1.165) is 27.8 Å². The van der Waals surface area contributed by atoms with Gasteiger partial charge in [-0.2, -0.15) is 4.31 Å². The molecule has 0 saturated heterocycles. The minimum absolute atomic E-state index is 0.319. The maximum Gasteiger partial charge on any atom is 0.244 e. The summed E-state index contributed by atoms with van der Waals surface area (Å²) in [5, 5.41) is 1.94. The van der Waals surface area contributed by atoms with Crippen LogP contribution in [-0.2, 0) is 16.6 Å². The average molecular weight is 419 g/mol. The summed E-state index contributed by atoms with van der Waals surface area (Å²) in [6, 6.07) is 24.3. The van der Waals surface area contributed by atoms with E-state index in [4.69, 9.17) is 4.74 Å². The van der Waals surface area contributed by atoms with Gasteiger partial charge in [0, 0.05) is 25.0 Å². The van der Waals surface area contributed by atoms with Crippen LogP contribution in [0.15, 0.2) is 90.0 Å². The number of benzene rings is 3. The molecule has 4 aromatic rings. The summed E-state index contributed by atoms with van der Waals surface area (Å²) >= 11 is 0. The number of nitrogens with zero attached hydrogens (tertiary/aromatic N) is 2. The topological polar surface area (TPSA) is 51.5 Å². The SMILES string of the molecule is COc1ccc([C@H]2c3cccn3CCN2S(=O)(=O)c2ccc3ccccc3c2)cc1. The van der Waals surface area contributed by atoms with Crippen molar-refractivity contribution in [3.63, 3.8) is 0 Å². The van der Waals surface area contributed by atoms with Crippen molar-refractivity contribution in [1.29, 1.82) is 0 Å². The lowest BCUT2D eigenvalue weighted by molar-refractivity contribution is 0.298. The van der Waals surface area contributed by atoms with Crippen molar-refractivity contribution >= 4 is 20.8 Å². The normalized spacial score (nSPS) is 17.0. The van der Waals surface area contributed by atoms with E-state index in [9.17, 15) is 8.42 Å². The molecule has 5 nitrogen and oxygen atoms in total. The van der Waals surface area contributed by atoms with Gasteiger partial charge in [-0.1, -0.05) is 42.5 Å². The first-order valence-electron chi connectivity index (χ1n) is 9.87. The van der Waals surface area contributed by atoms with Gasteiger partial charge in [-0.15, -0.1) is 0 Å². The molecule has 1 aromatic heterocycles. The molecule has 1 aliphatic rings. The van der Waals surface area contributed by atoms with Gasteiger partial charge in [0.1, 0.15) is 5.75 Å². The minimum Gasteiger partial charge on any atom is -0.497 e. The van der Waals surface area contributed by atoms with Crippen LogP contribution in [0, 0.1) is 0 Å². The molecule has 0 aliphatic carbocycles. The summed E-state index contributed by atoms with van der Waals surface area (Å²) in [7, 11) is -2.08. The maximum absolute atomic E-state index is 13.8. The number of methoxy groups -OCH3 is 1. The molecular formula is C24H22N2O3S. The van der Waals surface area contributed by atoms with Crippen LogP contribution in [0.1, 0.15) is 17.3 Å². The fourth-order valence-electron chi connectivity index (χ4n) is 4.21. The second-order valence-corrected chi connectivity index (χ2v) is 9.32. The Morgan fingerprint density at radius 2 is 1.63 bits per heavy atom. The molecule has 1 atom stereocenters. The van der Waals surface area contributed by atoms with E-state index in [2.05, 4.69) is 4.57 Å². The lowest BCUT2D eigenvalue weighted by Crippen LogP contribution is -2.42. The molecule has 2 heterocycles. The van der Waals surface area contributed by atoms with Gasteiger partial charge in [-0.25, -0.2) is 8.42 Å². The number of fused-ring (bicyclic) bond motifs is 2. The molecule has 0 unspecified atom stereocenters. The van der Waals surface area contributed by atoms with Gasteiger partial charge in [0.15, 0.2) is 0 Å². The molecule has 0 saturated carbocycles. The zero-order chi connectivity index (χ0) is 20.7. The van der Waals surface area contributed by atoms with E-state index in [0.29, 0.717) is 18.0 Å². The zero-order valence-electron chi connectivity index (χ0n) is 16.6. The van der Waals surface area contributed by atoms with Gasteiger partial charge in [-0.3, -0.25) is 0 Å². The highest BCUT2D eigenvalue weighted by Gasteiger charge is 2.37. The third kappa shape index (κ3) is 3.09. The Morgan fingerprint density at radius 3 is 2.40 bits per heavy atom. The van der Waals surface area contributed by atoms with Crippen molar-refractivity contribution in [3.05, 3.63) is 96.3 Å².